The predicted octanol–water partition coefficient (Wildman–Crippen LogP) is 5.38. The normalized spacial score (nSPS) is 22.7. The lowest BCUT2D eigenvalue weighted by molar-refractivity contribution is 0.158. The molecule has 1 atom stereocenters. The molecule has 1 aromatic heterocycles. The molecule has 1 fully saturated rings. The first kappa shape index (κ1) is 25.6. The van der Waals surface area contributed by atoms with E-state index in [1.807, 2.05) is 36.4 Å². The lowest BCUT2D eigenvalue weighted by Gasteiger charge is -2.36. The average Bonchev–Trinajstić information content (AvgIpc) is 3.26. The van der Waals surface area contributed by atoms with Crippen molar-refractivity contribution in [1.29, 1.82) is 0 Å². The molecule has 1 unspecified atom stereocenters. The SMILES string of the molecule is CCCN(CCC1CCC(NS(=O)(=O)c2cccc3ccccc23)CC1)C1CCc2nc(N)sc2C1. The highest BCUT2D eigenvalue weighted by molar-refractivity contribution is 7.89. The van der Waals surface area contributed by atoms with Gasteiger partial charge in [0, 0.05) is 22.3 Å². The van der Waals surface area contributed by atoms with Crippen LogP contribution in [0.2, 0.25) is 0 Å². The largest absolute Gasteiger partial charge is 0.375 e. The topological polar surface area (TPSA) is 88.3 Å². The van der Waals surface area contributed by atoms with Crippen LogP contribution in [0, 0.1) is 5.92 Å². The molecule has 36 heavy (non-hydrogen) atoms. The van der Waals surface area contributed by atoms with Gasteiger partial charge >= 0.3 is 0 Å². The smallest absolute Gasteiger partial charge is 0.241 e. The maximum Gasteiger partial charge on any atom is 0.241 e. The Morgan fingerprint density at radius 2 is 1.83 bits per heavy atom. The highest BCUT2D eigenvalue weighted by atomic mass is 32.2. The molecule has 3 aromatic rings. The van der Waals surface area contributed by atoms with E-state index in [1.165, 1.54) is 23.4 Å². The van der Waals surface area contributed by atoms with Gasteiger partial charge in [-0.3, -0.25) is 0 Å². The fourth-order valence-corrected chi connectivity index (χ4v) is 8.57. The number of sulfonamides is 1. The fourth-order valence-electron chi connectivity index (χ4n) is 6.08. The molecule has 6 nitrogen and oxygen atoms in total. The van der Waals surface area contributed by atoms with Crippen LogP contribution >= 0.6 is 11.3 Å². The highest BCUT2D eigenvalue weighted by Gasteiger charge is 2.29. The second kappa shape index (κ2) is 11.2. The summed E-state index contributed by atoms with van der Waals surface area (Å²) in [7, 11) is -3.55. The van der Waals surface area contributed by atoms with Crippen molar-refractivity contribution in [2.45, 2.75) is 81.7 Å². The molecule has 2 aliphatic rings. The molecule has 2 aliphatic carbocycles. The number of nitrogens with one attached hydrogen (secondary N) is 1. The van der Waals surface area contributed by atoms with E-state index in [1.54, 1.807) is 17.4 Å². The van der Waals surface area contributed by atoms with Crippen LogP contribution in [0.25, 0.3) is 10.8 Å². The summed E-state index contributed by atoms with van der Waals surface area (Å²) in [6.45, 7) is 4.52. The van der Waals surface area contributed by atoms with Crippen LogP contribution in [-0.2, 0) is 22.9 Å². The Morgan fingerprint density at radius 1 is 1.06 bits per heavy atom. The summed E-state index contributed by atoms with van der Waals surface area (Å²) in [5.41, 5.74) is 7.17. The minimum atomic E-state index is -3.55. The molecule has 3 N–H and O–H groups in total. The number of rotatable bonds is 9. The van der Waals surface area contributed by atoms with Crippen LogP contribution in [0.15, 0.2) is 47.4 Å². The number of hydrogen-bond acceptors (Lipinski definition) is 6. The molecule has 194 valence electrons. The van der Waals surface area contributed by atoms with Gasteiger partial charge in [0.25, 0.3) is 0 Å². The zero-order valence-electron chi connectivity index (χ0n) is 21.2. The third kappa shape index (κ3) is 5.77. The molecular weight excluding hydrogens is 488 g/mol. The van der Waals surface area contributed by atoms with Crippen molar-refractivity contribution in [3.8, 4) is 0 Å². The fraction of sp³-hybridized carbons (Fsp3) is 0.536. The summed E-state index contributed by atoms with van der Waals surface area (Å²) in [6, 6.07) is 13.8. The van der Waals surface area contributed by atoms with E-state index < -0.39 is 10.0 Å². The third-order valence-corrected chi connectivity index (χ3v) is 10.5. The van der Waals surface area contributed by atoms with E-state index >= 15 is 0 Å². The standard InChI is InChI=1S/C28H38N4O2S2/c1-2-17-32(23-14-15-25-26(19-23)35-28(29)30-25)18-16-20-10-12-22(13-11-20)31-36(33,34)27-9-5-7-21-6-3-4-8-24(21)27/h3-9,20,22-23,31H,2,10-19H2,1H3,(H2,29,30). The second-order valence-electron chi connectivity index (χ2n) is 10.5. The van der Waals surface area contributed by atoms with E-state index in [9.17, 15) is 8.42 Å². The van der Waals surface area contributed by atoms with Gasteiger partial charge in [-0.2, -0.15) is 0 Å². The van der Waals surface area contributed by atoms with Gasteiger partial charge in [-0.05, 0) is 88.2 Å². The van der Waals surface area contributed by atoms with E-state index in [-0.39, 0.29) is 6.04 Å². The molecular formula is C28H38N4O2S2. The minimum absolute atomic E-state index is 0.0190. The van der Waals surface area contributed by atoms with Crippen molar-refractivity contribution in [3.63, 3.8) is 0 Å². The quantitative estimate of drug-likeness (QED) is 0.391. The molecule has 0 amide bonds. The molecule has 1 heterocycles. The van der Waals surface area contributed by atoms with Gasteiger partial charge in [0.2, 0.25) is 10.0 Å². The van der Waals surface area contributed by atoms with Crippen LogP contribution in [0.5, 0.6) is 0 Å². The lowest BCUT2D eigenvalue weighted by Crippen LogP contribution is -2.41. The van der Waals surface area contributed by atoms with Crippen molar-refractivity contribution in [2.24, 2.45) is 5.92 Å². The van der Waals surface area contributed by atoms with Crippen LogP contribution in [0.4, 0.5) is 5.13 Å². The van der Waals surface area contributed by atoms with E-state index in [0.717, 1.165) is 68.8 Å². The first-order valence-corrected chi connectivity index (χ1v) is 15.7. The monoisotopic (exact) mass is 526 g/mol. The molecule has 5 rings (SSSR count). The second-order valence-corrected chi connectivity index (χ2v) is 13.3. The van der Waals surface area contributed by atoms with Crippen molar-refractivity contribution >= 4 is 37.3 Å². The number of hydrogen-bond donors (Lipinski definition) is 2. The van der Waals surface area contributed by atoms with Gasteiger partial charge in [0.15, 0.2) is 5.13 Å². The zero-order chi connectivity index (χ0) is 25.1. The number of fused-ring (bicyclic) bond motifs is 2. The molecule has 1 saturated carbocycles. The van der Waals surface area contributed by atoms with Crippen molar-refractivity contribution in [3.05, 3.63) is 53.0 Å². The highest BCUT2D eigenvalue weighted by Crippen LogP contribution is 2.32. The Labute approximate surface area is 219 Å². The summed E-state index contributed by atoms with van der Waals surface area (Å²) >= 11 is 1.66. The Hall–Kier alpha value is -2.00. The number of aryl methyl sites for hydroxylation is 1. The van der Waals surface area contributed by atoms with Crippen LogP contribution in [0.3, 0.4) is 0 Å². The number of aromatic nitrogens is 1. The van der Waals surface area contributed by atoms with Crippen LogP contribution in [0.1, 0.15) is 62.4 Å². The Balaban J connectivity index is 1.14. The Morgan fingerprint density at radius 3 is 2.64 bits per heavy atom. The van der Waals surface area contributed by atoms with Crippen LogP contribution in [-0.4, -0.2) is 43.5 Å². The number of nitrogens with zero attached hydrogens (tertiary/aromatic N) is 2. The molecule has 8 heteroatoms. The average molecular weight is 527 g/mol. The van der Waals surface area contributed by atoms with Gasteiger partial charge in [-0.25, -0.2) is 18.1 Å². The molecule has 0 aliphatic heterocycles. The lowest BCUT2D eigenvalue weighted by atomic mass is 9.84. The summed E-state index contributed by atoms with van der Waals surface area (Å²) in [5, 5.41) is 2.44. The van der Waals surface area contributed by atoms with Gasteiger partial charge in [-0.15, -0.1) is 11.3 Å². The molecule has 2 aromatic carbocycles. The summed E-state index contributed by atoms with van der Waals surface area (Å²) in [5.74, 6) is 0.667. The maximum absolute atomic E-state index is 13.2. The van der Waals surface area contributed by atoms with Gasteiger partial charge in [0.05, 0.1) is 10.6 Å². The van der Waals surface area contributed by atoms with Crippen molar-refractivity contribution in [1.82, 2.24) is 14.6 Å². The molecule has 0 radical (unpaired) electrons. The van der Waals surface area contributed by atoms with Gasteiger partial charge in [0.1, 0.15) is 0 Å². The number of anilines is 1. The number of nitrogen functional groups attached to an aromatic ring is 1. The number of thiazole rings is 1. The van der Waals surface area contributed by atoms with E-state index in [4.69, 9.17) is 5.73 Å². The Kier molecular flexibility index (Phi) is 7.96. The molecule has 0 spiro atoms. The van der Waals surface area contributed by atoms with Crippen molar-refractivity contribution in [2.75, 3.05) is 18.8 Å². The Bertz CT molecular complexity index is 1280. The number of benzene rings is 2. The maximum atomic E-state index is 13.2. The number of nitrogens with two attached hydrogens (primary N) is 1. The van der Waals surface area contributed by atoms with Crippen LogP contribution < -0.4 is 10.5 Å². The summed E-state index contributed by atoms with van der Waals surface area (Å²) in [4.78, 5) is 8.96. The predicted molar refractivity (Wildman–Crippen MR) is 149 cm³/mol. The zero-order valence-corrected chi connectivity index (χ0v) is 22.8. The van der Waals surface area contributed by atoms with Gasteiger partial charge < -0.3 is 10.6 Å². The molecule has 0 saturated heterocycles. The minimum Gasteiger partial charge on any atom is -0.375 e. The summed E-state index contributed by atoms with van der Waals surface area (Å²) < 4.78 is 29.5. The molecule has 0 bridgehead atoms. The van der Waals surface area contributed by atoms with Gasteiger partial charge in [-0.1, -0.05) is 43.3 Å². The third-order valence-electron chi connectivity index (χ3n) is 7.99. The first-order chi connectivity index (χ1) is 17.4. The van der Waals surface area contributed by atoms with E-state index in [2.05, 4.69) is 21.5 Å². The first-order valence-electron chi connectivity index (χ1n) is 13.4. The summed E-state index contributed by atoms with van der Waals surface area (Å²) in [6.07, 6.45) is 9.63. The van der Waals surface area contributed by atoms with Crippen molar-refractivity contribution < 1.29 is 8.42 Å². The van der Waals surface area contributed by atoms with E-state index in [0.29, 0.717) is 22.0 Å².